The third-order valence-corrected chi connectivity index (χ3v) is 5.63. The molecule has 0 aromatic carbocycles. The van der Waals surface area contributed by atoms with Gasteiger partial charge in [0.05, 0.1) is 5.84 Å². The van der Waals surface area contributed by atoms with Crippen LogP contribution in [0.2, 0.25) is 0 Å². The molecule has 1 aliphatic rings. The van der Waals surface area contributed by atoms with Crippen molar-refractivity contribution in [3.8, 4) is 0 Å². The van der Waals surface area contributed by atoms with Crippen LogP contribution in [-0.4, -0.2) is 36.6 Å². The number of amidine groups is 1. The first-order chi connectivity index (χ1) is 8.86. The van der Waals surface area contributed by atoms with E-state index in [2.05, 4.69) is 4.98 Å². The predicted molar refractivity (Wildman–Crippen MR) is 72.3 cm³/mol. The SMILES string of the molecule is CC1(C(=N)N)CCN(S(=O)(=O)c2cccnc2)CC1. The Hall–Kier alpha value is -1.47. The topological polar surface area (TPSA) is 100 Å². The molecule has 0 saturated carbocycles. The molecule has 6 nitrogen and oxygen atoms in total. The van der Waals surface area contributed by atoms with E-state index in [4.69, 9.17) is 11.1 Å². The van der Waals surface area contributed by atoms with E-state index in [1.165, 1.54) is 10.5 Å². The van der Waals surface area contributed by atoms with Crippen LogP contribution in [-0.2, 0) is 10.0 Å². The fourth-order valence-electron chi connectivity index (χ4n) is 2.14. The molecule has 0 aliphatic carbocycles. The van der Waals surface area contributed by atoms with E-state index in [1.807, 2.05) is 6.92 Å². The summed E-state index contributed by atoms with van der Waals surface area (Å²) in [6, 6.07) is 3.15. The molecule has 1 saturated heterocycles. The Morgan fingerprint density at radius 2 is 2.11 bits per heavy atom. The minimum absolute atomic E-state index is 0.130. The first-order valence-corrected chi connectivity index (χ1v) is 7.55. The second-order valence-electron chi connectivity index (χ2n) is 5.07. The van der Waals surface area contributed by atoms with Crippen molar-refractivity contribution in [2.45, 2.75) is 24.7 Å². The second kappa shape index (κ2) is 4.90. The average molecular weight is 282 g/mol. The maximum absolute atomic E-state index is 12.4. The van der Waals surface area contributed by atoms with Crippen molar-refractivity contribution in [3.05, 3.63) is 24.5 Å². The Kier molecular flexibility index (Phi) is 3.60. The molecule has 1 aromatic rings. The highest BCUT2D eigenvalue weighted by atomic mass is 32.2. The maximum Gasteiger partial charge on any atom is 0.244 e. The van der Waals surface area contributed by atoms with E-state index < -0.39 is 10.0 Å². The summed E-state index contributed by atoms with van der Waals surface area (Å²) < 4.78 is 26.2. The number of hydrogen-bond donors (Lipinski definition) is 2. The first kappa shape index (κ1) is 14.0. The van der Waals surface area contributed by atoms with Gasteiger partial charge in [-0.3, -0.25) is 10.4 Å². The average Bonchev–Trinajstić information content (AvgIpc) is 2.40. The summed E-state index contributed by atoms with van der Waals surface area (Å²) in [4.78, 5) is 4.05. The van der Waals surface area contributed by atoms with Crippen LogP contribution in [0.4, 0.5) is 0 Å². The van der Waals surface area contributed by atoms with Crippen molar-refractivity contribution in [1.29, 1.82) is 5.41 Å². The highest BCUT2D eigenvalue weighted by Gasteiger charge is 2.37. The van der Waals surface area contributed by atoms with E-state index in [1.54, 1.807) is 18.3 Å². The quantitative estimate of drug-likeness (QED) is 0.633. The van der Waals surface area contributed by atoms with Crippen molar-refractivity contribution < 1.29 is 8.42 Å². The van der Waals surface area contributed by atoms with Crippen molar-refractivity contribution in [2.75, 3.05) is 13.1 Å². The summed E-state index contributed by atoms with van der Waals surface area (Å²) in [6.45, 7) is 2.67. The number of nitrogens with one attached hydrogen (secondary N) is 1. The summed E-state index contributed by atoms with van der Waals surface area (Å²) in [5.41, 5.74) is 5.18. The predicted octanol–water partition coefficient (Wildman–Crippen LogP) is 0.808. The number of sulfonamides is 1. The summed E-state index contributed by atoms with van der Waals surface area (Å²) in [5.74, 6) is 0.130. The van der Waals surface area contributed by atoms with Gasteiger partial charge in [0.2, 0.25) is 10.0 Å². The molecule has 1 aliphatic heterocycles. The molecule has 7 heteroatoms. The minimum Gasteiger partial charge on any atom is -0.387 e. The summed E-state index contributed by atoms with van der Waals surface area (Å²) >= 11 is 0. The van der Waals surface area contributed by atoms with Gasteiger partial charge < -0.3 is 5.73 Å². The van der Waals surface area contributed by atoms with Gasteiger partial charge in [0, 0.05) is 30.9 Å². The van der Waals surface area contributed by atoms with E-state index in [0.717, 1.165) is 0 Å². The van der Waals surface area contributed by atoms with Crippen molar-refractivity contribution in [2.24, 2.45) is 11.1 Å². The zero-order chi connectivity index (χ0) is 14.1. The lowest BCUT2D eigenvalue weighted by molar-refractivity contribution is 0.240. The van der Waals surface area contributed by atoms with Crippen LogP contribution >= 0.6 is 0 Å². The van der Waals surface area contributed by atoms with Crippen LogP contribution in [0.15, 0.2) is 29.4 Å². The van der Waals surface area contributed by atoms with Gasteiger partial charge in [-0.05, 0) is 25.0 Å². The number of pyridine rings is 1. The largest absolute Gasteiger partial charge is 0.387 e. The number of aromatic nitrogens is 1. The molecule has 0 radical (unpaired) electrons. The smallest absolute Gasteiger partial charge is 0.244 e. The van der Waals surface area contributed by atoms with Gasteiger partial charge in [0.25, 0.3) is 0 Å². The summed E-state index contributed by atoms with van der Waals surface area (Å²) in [7, 11) is -3.48. The summed E-state index contributed by atoms with van der Waals surface area (Å²) in [5, 5.41) is 7.57. The second-order valence-corrected chi connectivity index (χ2v) is 7.01. The molecular formula is C12H18N4O2S. The van der Waals surface area contributed by atoms with Gasteiger partial charge in [-0.15, -0.1) is 0 Å². The maximum atomic E-state index is 12.4. The third kappa shape index (κ3) is 2.62. The van der Waals surface area contributed by atoms with E-state index in [-0.39, 0.29) is 16.1 Å². The fraction of sp³-hybridized carbons (Fsp3) is 0.500. The van der Waals surface area contributed by atoms with Gasteiger partial charge in [-0.2, -0.15) is 4.31 Å². The molecular weight excluding hydrogens is 264 g/mol. The molecule has 2 rings (SSSR count). The highest BCUT2D eigenvalue weighted by Crippen LogP contribution is 2.32. The van der Waals surface area contributed by atoms with Gasteiger partial charge in [-0.1, -0.05) is 6.92 Å². The van der Waals surface area contributed by atoms with Crippen molar-refractivity contribution in [1.82, 2.24) is 9.29 Å². The van der Waals surface area contributed by atoms with E-state index in [0.29, 0.717) is 25.9 Å². The number of hydrogen-bond acceptors (Lipinski definition) is 4. The van der Waals surface area contributed by atoms with Crippen molar-refractivity contribution in [3.63, 3.8) is 0 Å². The van der Waals surface area contributed by atoms with Gasteiger partial charge >= 0.3 is 0 Å². The van der Waals surface area contributed by atoms with E-state index >= 15 is 0 Å². The Labute approximate surface area is 113 Å². The lowest BCUT2D eigenvalue weighted by atomic mass is 9.80. The zero-order valence-electron chi connectivity index (χ0n) is 10.8. The zero-order valence-corrected chi connectivity index (χ0v) is 11.7. The number of nitrogens with two attached hydrogens (primary N) is 1. The Morgan fingerprint density at radius 3 is 2.58 bits per heavy atom. The molecule has 0 bridgehead atoms. The van der Waals surface area contributed by atoms with Gasteiger partial charge in [0.1, 0.15) is 4.90 Å². The standard InChI is InChI=1S/C12H18N4O2S/c1-12(11(13)14)4-7-16(8-5-12)19(17,18)10-3-2-6-15-9-10/h2-3,6,9H,4-5,7-8H2,1H3,(H3,13,14). The molecule has 104 valence electrons. The normalized spacial score (nSPS) is 20.1. The molecule has 2 heterocycles. The Morgan fingerprint density at radius 1 is 1.47 bits per heavy atom. The lowest BCUT2D eigenvalue weighted by Crippen LogP contribution is -2.47. The molecule has 0 atom stereocenters. The van der Waals surface area contributed by atoms with E-state index in [9.17, 15) is 8.42 Å². The minimum atomic E-state index is -3.48. The molecule has 0 unspecified atom stereocenters. The molecule has 0 amide bonds. The van der Waals surface area contributed by atoms with Crippen LogP contribution in [0.5, 0.6) is 0 Å². The molecule has 19 heavy (non-hydrogen) atoms. The highest BCUT2D eigenvalue weighted by molar-refractivity contribution is 7.89. The van der Waals surface area contributed by atoms with Gasteiger partial charge in [-0.25, -0.2) is 8.42 Å². The van der Waals surface area contributed by atoms with Crippen LogP contribution in [0.3, 0.4) is 0 Å². The number of rotatable bonds is 3. The number of nitrogens with zero attached hydrogens (tertiary/aromatic N) is 2. The van der Waals surface area contributed by atoms with Gasteiger partial charge in [0.15, 0.2) is 0 Å². The Bertz CT molecular complexity index is 563. The van der Waals surface area contributed by atoms with Crippen LogP contribution in [0.1, 0.15) is 19.8 Å². The Balaban J connectivity index is 2.16. The number of piperidine rings is 1. The fourth-order valence-corrected chi connectivity index (χ4v) is 3.54. The first-order valence-electron chi connectivity index (χ1n) is 6.11. The van der Waals surface area contributed by atoms with Crippen LogP contribution in [0, 0.1) is 10.8 Å². The molecule has 0 spiro atoms. The monoisotopic (exact) mass is 282 g/mol. The van der Waals surface area contributed by atoms with Crippen LogP contribution < -0.4 is 5.73 Å². The lowest BCUT2D eigenvalue weighted by Gasteiger charge is -2.37. The molecule has 1 aromatic heterocycles. The molecule has 1 fully saturated rings. The third-order valence-electron chi connectivity index (χ3n) is 3.75. The summed E-state index contributed by atoms with van der Waals surface area (Å²) in [6.07, 6.45) is 4.04. The molecule has 3 N–H and O–H groups in total. The van der Waals surface area contributed by atoms with Crippen LogP contribution in [0.25, 0.3) is 0 Å². The van der Waals surface area contributed by atoms with Crippen molar-refractivity contribution >= 4 is 15.9 Å².